The molecule has 162 valence electrons. The fourth-order valence-electron chi connectivity index (χ4n) is 4.32. The lowest BCUT2D eigenvalue weighted by molar-refractivity contribution is 0.0963. The summed E-state index contributed by atoms with van der Waals surface area (Å²) >= 11 is 0. The van der Waals surface area contributed by atoms with Crippen LogP contribution >= 0.6 is 0 Å². The van der Waals surface area contributed by atoms with Crippen LogP contribution in [0.2, 0.25) is 0 Å². The monoisotopic (exact) mass is 407 g/mol. The molecule has 2 aromatic carbocycles. The molecule has 1 unspecified atom stereocenters. The normalized spacial score (nSPS) is 16.9. The molecule has 2 aromatic rings. The number of hydrogen-bond acceptors (Lipinski definition) is 3. The molecule has 1 aliphatic rings. The van der Waals surface area contributed by atoms with E-state index in [2.05, 4.69) is 61.8 Å². The highest BCUT2D eigenvalue weighted by atomic mass is 16.1. The Labute approximate surface area is 181 Å². The number of amides is 1. The Morgan fingerprint density at radius 2 is 1.70 bits per heavy atom. The van der Waals surface area contributed by atoms with E-state index in [4.69, 9.17) is 0 Å². The topological polar surface area (TPSA) is 53.2 Å². The Kier molecular flexibility index (Phi) is 7.54. The van der Waals surface area contributed by atoms with E-state index in [1.54, 1.807) is 7.05 Å². The number of benzene rings is 2. The summed E-state index contributed by atoms with van der Waals surface area (Å²) in [6.07, 6.45) is 2.42. The van der Waals surface area contributed by atoms with Gasteiger partial charge in [0, 0.05) is 18.3 Å². The summed E-state index contributed by atoms with van der Waals surface area (Å²) < 4.78 is 0. The molecule has 2 atom stereocenters. The van der Waals surface area contributed by atoms with Crippen LogP contribution in [0, 0.1) is 18.8 Å². The van der Waals surface area contributed by atoms with Gasteiger partial charge in [-0.3, -0.25) is 4.79 Å². The fourth-order valence-corrected chi connectivity index (χ4v) is 4.32. The van der Waals surface area contributed by atoms with Gasteiger partial charge < -0.3 is 16.0 Å². The van der Waals surface area contributed by atoms with E-state index in [-0.39, 0.29) is 11.9 Å². The Morgan fingerprint density at radius 1 is 1.03 bits per heavy atom. The first-order valence-corrected chi connectivity index (χ1v) is 11.3. The highest BCUT2D eigenvalue weighted by Crippen LogP contribution is 2.36. The Hall–Kier alpha value is -2.33. The minimum atomic E-state index is -0.0563. The van der Waals surface area contributed by atoms with Crippen LogP contribution in [-0.2, 0) is 0 Å². The van der Waals surface area contributed by atoms with Crippen molar-refractivity contribution < 1.29 is 4.79 Å². The van der Waals surface area contributed by atoms with Crippen molar-refractivity contribution in [3.05, 3.63) is 64.7 Å². The van der Waals surface area contributed by atoms with Gasteiger partial charge in [0.05, 0.1) is 6.04 Å². The molecular weight excluding hydrogens is 370 g/mol. The molecule has 1 heterocycles. The Bertz CT molecular complexity index is 838. The van der Waals surface area contributed by atoms with Gasteiger partial charge in [-0.25, -0.2) is 0 Å². The summed E-state index contributed by atoms with van der Waals surface area (Å²) in [4.78, 5) is 11.9. The summed E-state index contributed by atoms with van der Waals surface area (Å²) in [5.74, 6) is 1.60. The second kappa shape index (κ2) is 10.1. The number of aryl methyl sites for hydroxylation is 1. The minimum Gasteiger partial charge on any atom is -0.378 e. The molecule has 1 fully saturated rings. The first-order valence-electron chi connectivity index (χ1n) is 11.3. The van der Waals surface area contributed by atoms with Crippen molar-refractivity contribution in [3.8, 4) is 0 Å². The summed E-state index contributed by atoms with van der Waals surface area (Å²) in [7, 11) is 1.66. The van der Waals surface area contributed by atoms with Crippen LogP contribution in [0.15, 0.2) is 42.5 Å². The smallest absolute Gasteiger partial charge is 0.251 e. The van der Waals surface area contributed by atoms with Gasteiger partial charge in [-0.05, 0) is 91.6 Å². The number of hydrogen-bond donors (Lipinski definition) is 3. The number of nitrogens with one attached hydrogen (secondary N) is 3. The number of piperidine rings is 1. The van der Waals surface area contributed by atoms with Gasteiger partial charge in [0.15, 0.2) is 0 Å². The van der Waals surface area contributed by atoms with Crippen molar-refractivity contribution >= 4 is 11.6 Å². The third-order valence-corrected chi connectivity index (χ3v) is 6.72. The standard InChI is InChI=1S/C26H37N3O/c1-17(2)19(4)25(29-23-10-8-21(9-11-23)26(30)27-5)24-16-22(7-6-18(24)3)20-12-14-28-15-13-20/h6-11,16-17,19-20,25,28-29H,12-15H2,1-5H3,(H,27,30)/t19-,25?/m0/s1. The molecule has 4 heteroatoms. The lowest BCUT2D eigenvalue weighted by Crippen LogP contribution is -2.27. The van der Waals surface area contributed by atoms with Crippen molar-refractivity contribution in [2.24, 2.45) is 11.8 Å². The van der Waals surface area contributed by atoms with Crippen molar-refractivity contribution in [2.45, 2.75) is 52.5 Å². The molecule has 0 spiro atoms. The maximum atomic E-state index is 11.9. The van der Waals surface area contributed by atoms with E-state index >= 15 is 0 Å². The lowest BCUT2D eigenvalue weighted by Gasteiger charge is -2.32. The number of anilines is 1. The SMILES string of the molecule is CNC(=O)c1ccc(NC(c2cc(C3CCNCC3)ccc2C)[C@@H](C)C(C)C)cc1. The van der Waals surface area contributed by atoms with Crippen molar-refractivity contribution in [1.29, 1.82) is 0 Å². The van der Waals surface area contributed by atoms with Crippen LogP contribution in [0.4, 0.5) is 5.69 Å². The van der Waals surface area contributed by atoms with E-state index in [0.717, 1.165) is 18.8 Å². The van der Waals surface area contributed by atoms with Gasteiger partial charge >= 0.3 is 0 Å². The molecule has 0 aromatic heterocycles. The zero-order valence-corrected chi connectivity index (χ0v) is 19.1. The first-order chi connectivity index (χ1) is 14.4. The minimum absolute atomic E-state index is 0.0563. The molecule has 30 heavy (non-hydrogen) atoms. The number of rotatable bonds is 7. The molecule has 0 saturated carbocycles. The average Bonchev–Trinajstić information content (AvgIpc) is 2.78. The van der Waals surface area contributed by atoms with Gasteiger partial charge in [-0.2, -0.15) is 0 Å². The third-order valence-electron chi connectivity index (χ3n) is 6.72. The van der Waals surface area contributed by atoms with Gasteiger partial charge in [0.1, 0.15) is 0 Å². The molecule has 3 N–H and O–H groups in total. The second-order valence-electron chi connectivity index (χ2n) is 9.02. The highest BCUT2D eigenvalue weighted by Gasteiger charge is 2.25. The molecule has 4 nitrogen and oxygen atoms in total. The third kappa shape index (κ3) is 5.23. The Balaban J connectivity index is 1.91. The van der Waals surface area contributed by atoms with Gasteiger partial charge in [0.25, 0.3) is 5.91 Å². The van der Waals surface area contributed by atoms with Gasteiger partial charge in [0.2, 0.25) is 0 Å². The highest BCUT2D eigenvalue weighted by molar-refractivity contribution is 5.94. The average molecular weight is 408 g/mol. The maximum Gasteiger partial charge on any atom is 0.251 e. The quantitative estimate of drug-likeness (QED) is 0.586. The van der Waals surface area contributed by atoms with E-state index in [9.17, 15) is 4.79 Å². The van der Waals surface area contributed by atoms with Crippen molar-refractivity contribution in [2.75, 3.05) is 25.5 Å². The van der Waals surface area contributed by atoms with Gasteiger partial charge in [-0.1, -0.05) is 39.0 Å². The predicted molar refractivity (Wildman–Crippen MR) is 126 cm³/mol. The zero-order valence-electron chi connectivity index (χ0n) is 19.1. The van der Waals surface area contributed by atoms with E-state index in [1.165, 1.54) is 29.5 Å². The lowest BCUT2D eigenvalue weighted by atomic mass is 9.81. The molecule has 1 aliphatic heterocycles. The molecule has 0 bridgehead atoms. The summed E-state index contributed by atoms with van der Waals surface area (Å²) in [5.41, 5.74) is 5.92. The van der Waals surface area contributed by atoms with Crippen molar-refractivity contribution in [3.63, 3.8) is 0 Å². The van der Waals surface area contributed by atoms with E-state index in [1.807, 2.05) is 24.3 Å². The first kappa shape index (κ1) is 22.4. The fraction of sp³-hybridized carbons (Fsp3) is 0.500. The van der Waals surface area contributed by atoms with Crippen molar-refractivity contribution in [1.82, 2.24) is 10.6 Å². The largest absolute Gasteiger partial charge is 0.378 e. The molecule has 1 amide bonds. The second-order valence-corrected chi connectivity index (χ2v) is 9.02. The van der Waals surface area contributed by atoms with E-state index < -0.39 is 0 Å². The van der Waals surface area contributed by atoms with E-state index in [0.29, 0.717) is 23.3 Å². The Morgan fingerprint density at radius 3 is 2.30 bits per heavy atom. The molecule has 0 radical (unpaired) electrons. The van der Waals surface area contributed by atoms with Crippen LogP contribution in [-0.4, -0.2) is 26.0 Å². The van der Waals surface area contributed by atoms with Crippen LogP contribution < -0.4 is 16.0 Å². The molecule has 1 saturated heterocycles. The summed E-state index contributed by atoms with van der Waals surface area (Å²) in [6.45, 7) is 11.3. The number of carbonyl (C=O) groups excluding carboxylic acids is 1. The van der Waals surface area contributed by atoms with Crippen LogP contribution in [0.25, 0.3) is 0 Å². The van der Waals surface area contributed by atoms with Gasteiger partial charge in [-0.15, -0.1) is 0 Å². The van der Waals surface area contributed by atoms with Crippen LogP contribution in [0.5, 0.6) is 0 Å². The summed E-state index contributed by atoms with van der Waals surface area (Å²) in [6, 6.07) is 15.1. The molecule has 3 rings (SSSR count). The van der Waals surface area contributed by atoms with Crippen LogP contribution in [0.1, 0.15) is 72.6 Å². The molecular formula is C26H37N3O. The summed E-state index contributed by atoms with van der Waals surface area (Å²) in [5, 5.41) is 9.94. The molecule has 0 aliphatic carbocycles. The zero-order chi connectivity index (χ0) is 21.7. The maximum absolute atomic E-state index is 11.9. The number of carbonyl (C=O) groups is 1. The predicted octanol–water partition coefficient (Wildman–Crippen LogP) is 5.27. The van der Waals surface area contributed by atoms with Crippen LogP contribution in [0.3, 0.4) is 0 Å².